The summed E-state index contributed by atoms with van der Waals surface area (Å²) < 4.78 is 1.52. The van der Waals surface area contributed by atoms with Gasteiger partial charge in [-0.2, -0.15) is 5.26 Å². The molecule has 0 spiro atoms. The molecule has 2 aromatic heterocycles. The molecule has 12 heteroatoms. The van der Waals surface area contributed by atoms with Gasteiger partial charge in [0.05, 0.1) is 31.2 Å². The fourth-order valence-electron chi connectivity index (χ4n) is 3.92. The van der Waals surface area contributed by atoms with Crippen LogP contribution in [0, 0.1) is 16.7 Å². The largest absolute Gasteiger partial charge is 0.391 e. The van der Waals surface area contributed by atoms with Crippen LogP contribution >= 0.6 is 0 Å². The average Bonchev–Trinajstić information content (AvgIpc) is 3.38. The van der Waals surface area contributed by atoms with Gasteiger partial charge in [0.25, 0.3) is 0 Å². The number of aromatic nitrogens is 5. The maximum Gasteiger partial charge on any atom is 0.248 e. The van der Waals surface area contributed by atoms with Crippen molar-refractivity contribution >= 4 is 17.6 Å². The molecule has 12 nitrogen and oxygen atoms in total. The first-order valence-electron chi connectivity index (χ1n) is 10.6. The number of carbonyl (C=O) groups is 2. The van der Waals surface area contributed by atoms with Crippen LogP contribution in [0.1, 0.15) is 44.6 Å². The summed E-state index contributed by atoms with van der Waals surface area (Å²) >= 11 is 0. The minimum absolute atomic E-state index is 0.0884. The molecule has 0 radical (unpaired) electrons. The van der Waals surface area contributed by atoms with Crippen LogP contribution in [-0.2, 0) is 16.1 Å². The molecule has 3 rings (SSSR count). The number of rotatable bonds is 6. The highest BCUT2D eigenvalue weighted by molar-refractivity contribution is 5.90. The summed E-state index contributed by atoms with van der Waals surface area (Å²) in [5.41, 5.74) is 0.301. The van der Waals surface area contributed by atoms with Crippen LogP contribution in [0.4, 0.5) is 5.82 Å². The van der Waals surface area contributed by atoms with Crippen molar-refractivity contribution in [2.24, 2.45) is 5.41 Å². The van der Waals surface area contributed by atoms with E-state index in [1.807, 2.05) is 26.8 Å². The first kappa shape index (κ1) is 24.1. The third kappa shape index (κ3) is 5.25. The zero-order valence-electron chi connectivity index (χ0n) is 19.4. The molecule has 0 aliphatic carbocycles. The molecule has 0 aromatic carbocycles. The Labute approximate surface area is 192 Å². The van der Waals surface area contributed by atoms with Crippen molar-refractivity contribution in [2.45, 2.75) is 51.9 Å². The van der Waals surface area contributed by atoms with Gasteiger partial charge in [-0.25, -0.2) is 14.6 Å². The number of amides is 2. The molecule has 1 saturated heterocycles. The summed E-state index contributed by atoms with van der Waals surface area (Å²) in [4.78, 5) is 37.3. The molecular formula is C21H29N9O3. The summed E-state index contributed by atoms with van der Waals surface area (Å²) in [7, 11) is 3.32. The quantitative estimate of drug-likeness (QED) is 0.606. The van der Waals surface area contributed by atoms with Crippen LogP contribution in [0.3, 0.4) is 0 Å². The first-order chi connectivity index (χ1) is 15.5. The number of β-amino-alcohol motifs (C(OH)–C–C–N with tert-alkyl or cyclic N) is 1. The lowest BCUT2D eigenvalue weighted by molar-refractivity contribution is -0.144. The van der Waals surface area contributed by atoms with Crippen LogP contribution in [0.25, 0.3) is 0 Å². The van der Waals surface area contributed by atoms with Crippen molar-refractivity contribution in [1.29, 1.82) is 5.26 Å². The van der Waals surface area contributed by atoms with Gasteiger partial charge in [0.2, 0.25) is 11.8 Å². The number of nitriles is 1. The molecule has 3 heterocycles. The van der Waals surface area contributed by atoms with E-state index in [1.54, 1.807) is 18.1 Å². The third-order valence-electron chi connectivity index (χ3n) is 5.53. The molecular weight excluding hydrogens is 426 g/mol. The fraction of sp³-hybridized carbons (Fsp3) is 0.571. The van der Waals surface area contributed by atoms with Gasteiger partial charge in [-0.1, -0.05) is 26.0 Å². The van der Waals surface area contributed by atoms with E-state index in [9.17, 15) is 14.7 Å². The first-order valence-corrected chi connectivity index (χ1v) is 10.6. The van der Waals surface area contributed by atoms with Crippen molar-refractivity contribution < 1.29 is 14.7 Å². The number of aliphatic hydroxyl groups excluding tert-OH is 1. The summed E-state index contributed by atoms with van der Waals surface area (Å²) in [5, 5.41) is 30.0. The lowest BCUT2D eigenvalue weighted by Gasteiger charge is -2.34. The Hall–Kier alpha value is -3.59. The van der Waals surface area contributed by atoms with Gasteiger partial charge >= 0.3 is 0 Å². The van der Waals surface area contributed by atoms with Crippen molar-refractivity contribution in [3.05, 3.63) is 30.0 Å². The highest BCUT2D eigenvalue weighted by Gasteiger charge is 2.45. The summed E-state index contributed by atoms with van der Waals surface area (Å²) in [6.07, 6.45) is 4.03. The number of hydrogen-bond donors (Lipinski definition) is 2. The number of nitrogens with zero attached hydrogens (tertiary/aromatic N) is 8. The Bertz CT molecular complexity index is 1040. The highest BCUT2D eigenvalue weighted by atomic mass is 16.3. The minimum atomic E-state index is -0.759. The third-order valence-corrected chi connectivity index (χ3v) is 5.53. The SMILES string of the molecule is CNC(=O)[C@@H]1C[C@@H](O)CN1C(=O)[C@@H](n1cc(CN(C)c2cnc(C#N)cn2)nn1)C(C)(C)C. The van der Waals surface area contributed by atoms with Crippen LogP contribution < -0.4 is 10.2 Å². The summed E-state index contributed by atoms with van der Waals surface area (Å²) in [5.74, 6) is -0.0427. The number of likely N-dealkylation sites (tertiary alicyclic amines) is 1. The van der Waals surface area contributed by atoms with E-state index in [4.69, 9.17) is 5.26 Å². The van der Waals surface area contributed by atoms with E-state index < -0.39 is 23.6 Å². The molecule has 2 N–H and O–H groups in total. The Balaban J connectivity index is 1.82. The van der Waals surface area contributed by atoms with Gasteiger partial charge in [0.1, 0.15) is 29.7 Å². The monoisotopic (exact) mass is 455 g/mol. The van der Waals surface area contributed by atoms with E-state index in [0.29, 0.717) is 18.1 Å². The van der Waals surface area contributed by atoms with Gasteiger partial charge in [-0.15, -0.1) is 5.10 Å². The predicted octanol–water partition coefficient (Wildman–Crippen LogP) is -0.129. The second-order valence-corrected chi connectivity index (χ2v) is 9.20. The molecule has 33 heavy (non-hydrogen) atoms. The molecule has 0 saturated carbocycles. The zero-order valence-corrected chi connectivity index (χ0v) is 19.4. The van der Waals surface area contributed by atoms with Crippen molar-refractivity contribution in [3.8, 4) is 6.07 Å². The van der Waals surface area contributed by atoms with Crippen molar-refractivity contribution in [3.63, 3.8) is 0 Å². The Morgan fingerprint density at radius 2 is 2.09 bits per heavy atom. The Kier molecular flexibility index (Phi) is 6.92. The van der Waals surface area contributed by atoms with Gasteiger partial charge < -0.3 is 20.2 Å². The number of likely N-dealkylation sites (N-methyl/N-ethyl adjacent to an activating group) is 1. The zero-order chi connectivity index (χ0) is 24.3. The van der Waals surface area contributed by atoms with Crippen molar-refractivity contribution in [1.82, 2.24) is 35.2 Å². The van der Waals surface area contributed by atoms with E-state index in [-0.39, 0.29) is 30.5 Å². The second-order valence-electron chi connectivity index (χ2n) is 9.20. The number of aliphatic hydroxyl groups is 1. The van der Waals surface area contributed by atoms with Crippen LogP contribution in [-0.4, -0.2) is 79.6 Å². The lowest BCUT2D eigenvalue weighted by atomic mass is 9.85. The molecule has 1 fully saturated rings. The highest BCUT2D eigenvalue weighted by Crippen LogP contribution is 2.34. The minimum Gasteiger partial charge on any atom is -0.391 e. The molecule has 2 aromatic rings. The Morgan fingerprint density at radius 3 is 2.67 bits per heavy atom. The number of anilines is 1. The standard InChI is InChI=1S/C21H29N9O3/c1-21(2,3)18(20(33)29-12-15(31)6-16(29)19(32)23-4)30-11-14(26-27-30)10-28(5)17-9-24-13(7-22)8-25-17/h8-9,11,15-16,18,31H,6,10,12H2,1-5H3,(H,23,32)/t15-,16+,18-/m1/s1. The molecule has 0 bridgehead atoms. The molecule has 176 valence electrons. The van der Waals surface area contributed by atoms with Gasteiger partial charge in [-0.3, -0.25) is 9.59 Å². The fourth-order valence-corrected chi connectivity index (χ4v) is 3.92. The summed E-state index contributed by atoms with van der Waals surface area (Å²) in [6, 6.07) is 0.472. The van der Waals surface area contributed by atoms with Crippen LogP contribution in [0.2, 0.25) is 0 Å². The molecule has 1 aliphatic rings. The second kappa shape index (κ2) is 9.50. The van der Waals surface area contributed by atoms with Crippen LogP contribution in [0.15, 0.2) is 18.6 Å². The van der Waals surface area contributed by atoms with Gasteiger partial charge in [0, 0.05) is 27.1 Å². The molecule has 1 aliphatic heterocycles. The predicted molar refractivity (Wildman–Crippen MR) is 118 cm³/mol. The van der Waals surface area contributed by atoms with Gasteiger partial charge in [0.15, 0.2) is 5.69 Å². The van der Waals surface area contributed by atoms with E-state index in [1.165, 1.54) is 29.0 Å². The average molecular weight is 456 g/mol. The van der Waals surface area contributed by atoms with E-state index in [2.05, 4.69) is 25.6 Å². The number of nitrogens with one attached hydrogen (secondary N) is 1. The van der Waals surface area contributed by atoms with E-state index in [0.717, 1.165) is 0 Å². The van der Waals surface area contributed by atoms with Gasteiger partial charge in [-0.05, 0) is 5.41 Å². The van der Waals surface area contributed by atoms with Crippen LogP contribution in [0.5, 0.6) is 0 Å². The lowest BCUT2D eigenvalue weighted by Crippen LogP contribution is -2.49. The molecule has 0 unspecified atom stereocenters. The normalized spacial score (nSPS) is 19.1. The summed E-state index contributed by atoms with van der Waals surface area (Å²) in [6.45, 7) is 6.18. The maximum atomic E-state index is 13.6. The number of hydrogen-bond acceptors (Lipinski definition) is 9. The molecule has 3 atom stereocenters. The van der Waals surface area contributed by atoms with Crippen molar-refractivity contribution in [2.75, 3.05) is 25.5 Å². The Morgan fingerprint density at radius 1 is 1.36 bits per heavy atom. The number of carbonyl (C=O) groups excluding carboxylic acids is 2. The maximum absolute atomic E-state index is 13.6. The topological polar surface area (TPSA) is 153 Å². The molecule has 2 amide bonds. The smallest absolute Gasteiger partial charge is 0.248 e. The van der Waals surface area contributed by atoms with E-state index >= 15 is 0 Å².